The molecular formula is C20H8N2O3. The largest absolute Gasteiger partial charge is 0.386 e. The zero-order valence-electron chi connectivity index (χ0n) is 12.7. The molecule has 0 bridgehead atoms. The first-order valence-corrected chi connectivity index (χ1v) is 7.87. The fourth-order valence-corrected chi connectivity index (χ4v) is 3.87. The first-order valence-electron chi connectivity index (χ1n) is 7.87. The summed E-state index contributed by atoms with van der Waals surface area (Å²) in [4.78, 5) is 34.3. The fraction of sp³-hybridized carbons (Fsp3) is 0. The lowest BCUT2D eigenvalue weighted by Crippen LogP contribution is -1.94. The molecule has 5 heteroatoms. The molecule has 116 valence electrons. The molecule has 3 aromatic carbocycles. The van der Waals surface area contributed by atoms with Crippen LogP contribution < -0.4 is 11.3 Å². The number of rotatable bonds is 0. The normalized spacial score (nSPS) is 12.3. The molecule has 0 spiro atoms. The van der Waals surface area contributed by atoms with Gasteiger partial charge in [0, 0.05) is 21.5 Å². The van der Waals surface area contributed by atoms with Crippen LogP contribution in [0.1, 0.15) is 0 Å². The van der Waals surface area contributed by atoms with E-state index in [9.17, 15) is 9.59 Å². The predicted octanol–water partition coefficient (Wildman–Crippen LogP) is 3.43. The van der Waals surface area contributed by atoms with Gasteiger partial charge in [0.25, 0.3) is 0 Å². The average Bonchev–Trinajstić information content (AvgIpc) is 3.26. The van der Waals surface area contributed by atoms with E-state index in [0.717, 1.165) is 21.8 Å². The highest BCUT2D eigenvalue weighted by molar-refractivity contribution is 6.34. The number of benzene rings is 3. The van der Waals surface area contributed by atoms with Crippen molar-refractivity contribution in [2.24, 2.45) is 0 Å². The monoisotopic (exact) mass is 324 g/mol. The Hall–Kier alpha value is -3.60. The van der Waals surface area contributed by atoms with Crippen molar-refractivity contribution < 1.29 is 4.42 Å². The Bertz CT molecular complexity index is 1470. The molecule has 0 aliphatic carbocycles. The molecule has 0 saturated carbocycles. The van der Waals surface area contributed by atoms with Crippen LogP contribution in [0.3, 0.4) is 0 Å². The summed E-state index contributed by atoms with van der Waals surface area (Å²) < 4.78 is 4.95. The quantitative estimate of drug-likeness (QED) is 0.428. The summed E-state index contributed by atoms with van der Waals surface area (Å²) >= 11 is 0. The summed E-state index contributed by atoms with van der Waals surface area (Å²) in [5, 5.41) is 3.57. The summed E-state index contributed by atoms with van der Waals surface area (Å²) in [5.74, 6) is 0. The highest BCUT2D eigenvalue weighted by atomic mass is 16.4. The molecule has 0 atom stereocenters. The van der Waals surface area contributed by atoms with Crippen LogP contribution in [-0.2, 0) is 0 Å². The van der Waals surface area contributed by atoms with E-state index in [2.05, 4.69) is 0 Å². The van der Waals surface area contributed by atoms with Gasteiger partial charge in [0.05, 0.1) is 32.8 Å². The van der Waals surface area contributed by atoms with Gasteiger partial charge in [0.1, 0.15) is 0 Å². The summed E-state index contributed by atoms with van der Waals surface area (Å²) in [6.45, 7) is 0. The van der Waals surface area contributed by atoms with Crippen LogP contribution in [0, 0.1) is 0 Å². The smallest absolute Gasteiger partial charge is 0.347 e. The van der Waals surface area contributed by atoms with E-state index in [1.54, 1.807) is 0 Å². The van der Waals surface area contributed by atoms with Crippen LogP contribution in [0.25, 0.3) is 54.4 Å². The minimum absolute atomic E-state index is 0.305. The molecule has 6 rings (SSSR count). The molecule has 0 aliphatic heterocycles. The second-order valence-corrected chi connectivity index (χ2v) is 6.13. The van der Waals surface area contributed by atoms with Crippen molar-refractivity contribution in [1.82, 2.24) is 9.97 Å². The molecule has 0 unspecified atom stereocenters. The van der Waals surface area contributed by atoms with Gasteiger partial charge in [-0.25, -0.2) is 19.6 Å². The molecular weight excluding hydrogens is 316 g/mol. The van der Waals surface area contributed by atoms with Gasteiger partial charge in [-0.3, -0.25) is 0 Å². The molecule has 3 heterocycles. The second-order valence-electron chi connectivity index (χ2n) is 6.13. The number of aromatic nitrogens is 2. The number of fused-ring (bicyclic) bond motifs is 10. The molecule has 5 nitrogen and oxygen atoms in total. The fourth-order valence-electron chi connectivity index (χ4n) is 3.87. The van der Waals surface area contributed by atoms with Crippen molar-refractivity contribution in [2.45, 2.75) is 0 Å². The number of hydrogen-bond acceptors (Lipinski definition) is 5. The van der Waals surface area contributed by atoms with Gasteiger partial charge in [0.2, 0.25) is 0 Å². The second kappa shape index (κ2) is 4.08. The van der Waals surface area contributed by atoms with E-state index in [4.69, 9.17) is 14.4 Å². The van der Waals surface area contributed by atoms with E-state index in [0.29, 0.717) is 32.6 Å². The molecule has 0 N–H and O–H groups in total. The lowest BCUT2D eigenvalue weighted by Gasteiger charge is -1.96. The lowest BCUT2D eigenvalue weighted by atomic mass is 10.0. The van der Waals surface area contributed by atoms with E-state index >= 15 is 0 Å². The minimum atomic E-state index is -0.615. The van der Waals surface area contributed by atoms with Crippen LogP contribution in [0.15, 0.2) is 62.5 Å². The van der Waals surface area contributed by atoms with E-state index in [1.165, 1.54) is 0 Å². The number of furan rings is 1. The van der Waals surface area contributed by atoms with Gasteiger partial charge < -0.3 is 4.42 Å². The molecule has 0 fully saturated rings. The summed E-state index contributed by atoms with van der Waals surface area (Å²) in [7, 11) is 0. The molecule has 0 radical (unpaired) electrons. The lowest BCUT2D eigenvalue weighted by molar-refractivity contribution is 0.500. The summed E-state index contributed by atoms with van der Waals surface area (Å²) in [6, 6.07) is 15.1. The third-order valence-electron chi connectivity index (χ3n) is 4.85. The number of para-hydroxylation sites is 2. The van der Waals surface area contributed by atoms with Gasteiger partial charge >= 0.3 is 11.3 Å². The van der Waals surface area contributed by atoms with Gasteiger partial charge in [-0.05, 0) is 12.1 Å². The van der Waals surface area contributed by atoms with Gasteiger partial charge in [0.15, 0.2) is 0 Å². The Kier molecular flexibility index (Phi) is 2.08. The van der Waals surface area contributed by atoms with Gasteiger partial charge in [-0.1, -0.05) is 36.4 Å². The van der Waals surface area contributed by atoms with Crippen LogP contribution in [0.5, 0.6) is 0 Å². The zero-order valence-corrected chi connectivity index (χ0v) is 12.7. The summed E-state index contributed by atoms with van der Waals surface area (Å²) in [6.07, 6.45) is 0. The van der Waals surface area contributed by atoms with Crippen molar-refractivity contribution in [3.05, 3.63) is 69.4 Å². The van der Waals surface area contributed by atoms with E-state index < -0.39 is 11.3 Å². The molecule has 6 aromatic rings. The molecule has 0 saturated heterocycles. The maximum atomic E-state index is 12.4. The third-order valence-corrected chi connectivity index (χ3v) is 4.85. The van der Waals surface area contributed by atoms with Crippen molar-refractivity contribution in [3.63, 3.8) is 0 Å². The maximum Gasteiger partial charge on any atom is 0.347 e. The van der Waals surface area contributed by atoms with Crippen molar-refractivity contribution in [2.75, 3.05) is 0 Å². The SMILES string of the molecule is O=c1oc(=O)c2c1c1c3ccccc3nc1c1nc3ccccc3c12. The minimum Gasteiger partial charge on any atom is -0.386 e. The summed E-state index contributed by atoms with van der Waals surface area (Å²) in [5.41, 5.74) is 1.58. The van der Waals surface area contributed by atoms with Crippen molar-refractivity contribution in [1.29, 1.82) is 0 Å². The Morgan fingerprint density at radius 3 is 1.52 bits per heavy atom. The van der Waals surface area contributed by atoms with Crippen LogP contribution in [0.4, 0.5) is 0 Å². The molecule has 0 aliphatic rings. The molecule has 0 amide bonds. The number of hydrogen-bond donors (Lipinski definition) is 0. The first kappa shape index (κ1) is 12.8. The Morgan fingerprint density at radius 1 is 0.600 bits per heavy atom. The van der Waals surface area contributed by atoms with E-state index in [1.807, 2.05) is 48.5 Å². The number of nitrogens with zero attached hydrogens (tertiary/aromatic N) is 2. The average molecular weight is 324 g/mol. The van der Waals surface area contributed by atoms with Crippen molar-refractivity contribution >= 4 is 54.4 Å². The van der Waals surface area contributed by atoms with E-state index in [-0.39, 0.29) is 0 Å². The Balaban J connectivity index is 2.14. The Morgan fingerprint density at radius 2 is 1.04 bits per heavy atom. The standard InChI is InChI=1S/C20H8N2O3/c23-19-15-13-9-5-1-3-7-11(9)21-17(13)18-14(16(15)20(24)25-19)10-6-2-4-8-12(10)22-18/h1-8H. The maximum absolute atomic E-state index is 12.4. The van der Waals surface area contributed by atoms with Crippen LogP contribution in [0.2, 0.25) is 0 Å². The van der Waals surface area contributed by atoms with Crippen LogP contribution >= 0.6 is 0 Å². The predicted molar refractivity (Wildman–Crippen MR) is 96.7 cm³/mol. The van der Waals surface area contributed by atoms with Crippen LogP contribution in [-0.4, -0.2) is 9.97 Å². The highest BCUT2D eigenvalue weighted by Gasteiger charge is 2.24. The Labute approximate surface area is 138 Å². The molecule has 25 heavy (non-hydrogen) atoms. The van der Waals surface area contributed by atoms with Gasteiger partial charge in [-0.15, -0.1) is 0 Å². The topological polar surface area (TPSA) is 73.1 Å². The molecule has 3 aromatic heterocycles. The van der Waals surface area contributed by atoms with Crippen molar-refractivity contribution in [3.8, 4) is 0 Å². The first-order chi connectivity index (χ1) is 12.2. The third kappa shape index (κ3) is 1.39. The van der Waals surface area contributed by atoms with Gasteiger partial charge in [-0.2, -0.15) is 0 Å². The highest BCUT2D eigenvalue weighted by Crippen LogP contribution is 2.39. The zero-order chi connectivity index (χ0) is 16.7.